The van der Waals surface area contributed by atoms with E-state index in [9.17, 15) is 0 Å². The summed E-state index contributed by atoms with van der Waals surface area (Å²) in [6, 6.07) is 9.10. The van der Waals surface area contributed by atoms with E-state index in [1.165, 1.54) is 31.2 Å². The monoisotopic (exact) mass is 291 g/mol. The number of aryl methyl sites for hydroxylation is 1. The Morgan fingerprint density at radius 3 is 2.29 bits per heavy atom. The van der Waals surface area contributed by atoms with Crippen molar-refractivity contribution in [2.24, 2.45) is 5.41 Å². The summed E-state index contributed by atoms with van der Waals surface area (Å²) < 4.78 is 5.21. The maximum absolute atomic E-state index is 5.21. The van der Waals surface area contributed by atoms with Crippen LogP contribution in [0.4, 0.5) is 0 Å². The molecule has 0 saturated carbocycles. The minimum atomic E-state index is 0.423. The Morgan fingerprint density at radius 2 is 1.76 bits per heavy atom. The van der Waals surface area contributed by atoms with Gasteiger partial charge in [-0.2, -0.15) is 0 Å². The molecule has 0 aliphatic carbocycles. The van der Waals surface area contributed by atoms with Gasteiger partial charge in [0.2, 0.25) is 0 Å². The van der Waals surface area contributed by atoms with E-state index in [1.54, 1.807) is 7.11 Å². The number of benzene rings is 1. The summed E-state index contributed by atoms with van der Waals surface area (Å²) in [5.74, 6) is 0.937. The Morgan fingerprint density at radius 1 is 1.10 bits per heavy atom. The van der Waals surface area contributed by atoms with E-state index in [0.717, 1.165) is 18.7 Å². The van der Waals surface area contributed by atoms with Crippen molar-refractivity contribution in [3.05, 3.63) is 29.8 Å². The normalized spacial score (nSPS) is 13.2. The molecule has 1 N–H and O–H groups in total. The number of rotatable bonds is 9. The Hall–Kier alpha value is -1.02. The standard InChI is InChI=1S/C19H33NO/c1-6-15-20-17(13-14-19(2,3)4)10-7-16-8-11-18(21-5)12-9-16/h8-9,11-12,17,20H,6-7,10,13-15H2,1-5H3. The zero-order chi connectivity index (χ0) is 15.7. The fourth-order valence-corrected chi connectivity index (χ4v) is 2.44. The number of hydrogen-bond acceptors (Lipinski definition) is 2. The van der Waals surface area contributed by atoms with E-state index in [1.807, 2.05) is 0 Å². The highest BCUT2D eigenvalue weighted by molar-refractivity contribution is 5.27. The summed E-state index contributed by atoms with van der Waals surface area (Å²) in [6.07, 6.45) is 6.09. The first kappa shape index (κ1) is 18.0. The van der Waals surface area contributed by atoms with E-state index in [-0.39, 0.29) is 0 Å². The highest BCUT2D eigenvalue weighted by Crippen LogP contribution is 2.23. The number of methoxy groups -OCH3 is 1. The number of hydrogen-bond donors (Lipinski definition) is 1. The van der Waals surface area contributed by atoms with E-state index < -0.39 is 0 Å². The van der Waals surface area contributed by atoms with Crippen LogP contribution in [0.25, 0.3) is 0 Å². The maximum Gasteiger partial charge on any atom is 0.118 e. The van der Waals surface area contributed by atoms with Crippen LogP contribution >= 0.6 is 0 Å². The van der Waals surface area contributed by atoms with Crippen molar-refractivity contribution in [1.82, 2.24) is 5.32 Å². The van der Waals surface area contributed by atoms with Gasteiger partial charge in [-0.25, -0.2) is 0 Å². The van der Waals surface area contributed by atoms with Crippen molar-refractivity contribution in [2.45, 2.75) is 65.8 Å². The zero-order valence-electron chi connectivity index (χ0n) is 14.5. The molecule has 0 spiro atoms. The highest BCUT2D eigenvalue weighted by atomic mass is 16.5. The van der Waals surface area contributed by atoms with Crippen LogP contribution in [0.2, 0.25) is 0 Å². The van der Waals surface area contributed by atoms with Crippen molar-refractivity contribution in [3.8, 4) is 5.75 Å². The van der Waals surface area contributed by atoms with Crippen LogP contribution in [0.1, 0.15) is 58.9 Å². The SMILES string of the molecule is CCCNC(CCc1ccc(OC)cc1)CCC(C)(C)C. The van der Waals surface area contributed by atoms with Gasteiger partial charge >= 0.3 is 0 Å². The molecule has 1 atom stereocenters. The summed E-state index contributed by atoms with van der Waals surface area (Å²) in [6.45, 7) is 10.3. The summed E-state index contributed by atoms with van der Waals surface area (Å²) in [4.78, 5) is 0. The molecule has 0 bridgehead atoms. The summed E-state index contributed by atoms with van der Waals surface area (Å²) in [5, 5.41) is 3.71. The predicted molar refractivity (Wildman–Crippen MR) is 92.1 cm³/mol. The molecule has 0 aliphatic rings. The molecule has 1 aromatic rings. The van der Waals surface area contributed by atoms with Crippen molar-refractivity contribution < 1.29 is 4.74 Å². The summed E-state index contributed by atoms with van der Waals surface area (Å²) >= 11 is 0. The van der Waals surface area contributed by atoms with E-state index in [4.69, 9.17) is 4.74 Å². The molecule has 0 saturated heterocycles. The van der Waals surface area contributed by atoms with Gasteiger partial charge in [0, 0.05) is 6.04 Å². The fourth-order valence-electron chi connectivity index (χ4n) is 2.44. The van der Waals surface area contributed by atoms with Crippen molar-refractivity contribution in [3.63, 3.8) is 0 Å². The summed E-state index contributed by atoms with van der Waals surface area (Å²) in [5.41, 5.74) is 1.82. The predicted octanol–water partition coefficient (Wildman–Crippen LogP) is 4.82. The Balaban J connectivity index is 2.46. The smallest absolute Gasteiger partial charge is 0.118 e. The molecule has 1 unspecified atom stereocenters. The minimum absolute atomic E-state index is 0.423. The van der Waals surface area contributed by atoms with Crippen LogP contribution < -0.4 is 10.1 Å². The molecule has 0 amide bonds. The number of ether oxygens (including phenoxy) is 1. The van der Waals surface area contributed by atoms with Crippen molar-refractivity contribution >= 4 is 0 Å². The summed E-state index contributed by atoms with van der Waals surface area (Å²) in [7, 11) is 1.71. The second-order valence-electron chi connectivity index (χ2n) is 7.14. The molecule has 1 rings (SSSR count). The van der Waals surface area contributed by atoms with Gasteiger partial charge in [0.05, 0.1) is 7.11 Å². The van der Waals surface area contributed by atoms with Gasteiger partial charge < -0.3 is 10.1 Å². The minimum Gasteiger partial charge on any atom is -0.497 e. The molecule has 2 nitrogen and oxygen atoms in total. The van der Waals surface area contributed by atoms with Gasteiger partial charge in [0.1, 0.15) is 5.75 Å². The lowest BCUT2D eigenvalue weighted by Gasteiger charge is -2.24. The first-order chi connectivity index (χ1) is 9.94. The Bertz CT molecular complexity index is 378. The second-order valence-corrected chi connectivity index (χ2v) is 7.14. The average molecular weight is 291 g/mol. The molecule has 21 heavy (non-hydrogen) atoms. The van der Waals surface area contributed by atoms with Crippen molar-refractivity contribution in [2.75, 3.05) is 13.7 Å². The molecule has 0 aliphatic heterocycles. The number of nitrogens with one attached hydrogen (secondary N) is 1. The van der Waals surface area contributed by atoms with Crippen molar-refractivity contribution in [1.29, 1.82) is 0 Å². The fraction of sp³-hybridized carbons (Fsp3) is 0.684. The van der Waals surface area contributed by atoms with Gasteiger partial charge in [0.15, 0.2) is 0 Å². The van der Waals surface area contributed by atoms with E-state index in [0.29, 0.717) is 11.5 Å². The maximum atomic E-state index is 5.21. The average Bonchev–Trinajstić information content (AvgIpc) is 2.46. The van der Waals surface area contributed by atoms with Gasteiger partial charge in [-0.15, -0.1) is 0 Å². The highest BCUT2D eigenvalue weighted by Gasteiger charge is 2.15. The van der Waals surface area contributed by atoms with Gasteiger partial charge in [-0.1, -0.05) is 39.8 Å². The molecule has 0 heterocycles. The van der Waals surface area contributed by atoms with Gasteiger partial charge in [-0.3, -0.25) is 0 Å². The van der Waals surface area contributed by atoms with Gasteiger partial charge in [-0.05, 0) is 61.8 Å². The van der Waals surface area contributed by atoms with Crippen LogP contribution in [0, 0.1) is 5.41 Å². The molecule has 120 valence electrons. The topological polar surface area (TPSA) is 21.3 Å². The third-order valence-corrected chi connectivity index (χ3v) is 3.87. The third-order valence-electron chi connectivity index (χ3n) is 3.87. The van der Waals surface area contributed by atoms with Crippen LogP contribution in [-0.4, -0.2) is 19.7 Å². The van der Waals surface area contributed by atoms with E-state index in [2.05, 4.69) is 57.3 Å². The molecule has 2 heteroatoms. The van der Waals surface area contributed by atoms with Crippen LogP contribution in [0.5, 0.6) is 5.75 Å². The largest absolute Gasteiger partial charge is 0.497 e. The molecule has 0 fully saturated rings. The van der Waals surface area contributed by atoms with Crippen LogP contribution in [0.3, 0.4) is 0 Å². The van der Waals surface area contributed by atoms with E-state index >= 15 is 0 Å². The molecule has 0 aromatic heterocycles. The first-order valence-corrected chi connectivity index (χ1v) is 8.31. The molecular formula is C19H33NO. The molecular weight excluding hydrogens is 258 g/mol. The zero-order valence-corrected chi connectivity index (χ0v) is 14.5. The second kappa shape index (κ2) is 9.09. The first-order valence-electron chi connectivity index (χ1n) is 8.31. The van der Waals surface area contributed by atoms with Crippen LogP contribution in [-0.2, 0) is 6.42 Å². The lowest BCUT2D eigenvalue weighted by molar-refractivity contribution is 0.322. The lowest BCUT2D eigenvalue weighted by atomic mass is 9.87. The molecule has 0 radical (unpaired) electrons. The quantitative estimate of drug-likeness (QED) is 0.704. The third kappa shape index (κ3) is 8.11. The Labute approximate surface area is 131 Å². The van der Waals surface area contributed by atoms with Gasteiger partial charge in [0.25, 0.3) is 0 Å². The Kier molecular flexibility index (Phi) is 7.81. The lowest BCUT2D eigenvalue weighted by Crippen LogP contribution is -2.31. The van der Waals surface area contributed by atoms with Crippen LogP contribution in [0.15, 0.2) is 24.3 Å². The molecule has 1 aromatic carbocycles.